The number of carbonyl (C=O) groups excluding carboxylic acids is 1. The Bertz CT molecular complexity index is 332. The second-order valence-corrected chi connectivity index (χ2v) is 5.84. The molecule has 2 aliphatic carbocycles. The van der Waals surface area contributed by atoms with Crippen LogP contribution in [0.2, 0.25) is 0 Å². The molecule has 0 spiro atoms. The average Bonchev–Trinajstić information content (AvgIpc) is 3.06. The quantitative estimate of drug-likeness (QED) is 0.656. The molecule has 19 heavy (non-hydrogen) atoms. The molecule has 2 fully saturated rings. The Labute approximate surface area is 113 Å². The Hall–Kier alpha value is -1.10. The van der Waals surface area contributed by atoms with Crippen molar-refractivity contribution in [3.63, 3.8) is 0 Å². The van der Waals surface area contributed by atoms with E-state index >= 15 is 0 Å². The molecule has 0 bridgehead atoms. The van der Waals surface area contributed by atoms with Crippen molar-refractivity contribution in [1.29, 1.82) is 0 Å². The van der Waals surface area contributed by atoms with Crippen molar-refractivity contribution in [2.75, 3.05) is 19.8 Å². The molecule has 0 aliphatic heterocycles. The van der Waals surface area contributed by atoms with Crippen molar-refractivity contribution in [2.45, 2.75) is 44.9 Å². The third-order valence-electron chi connectivity index (χ3n) is 4.13. The molecule has 2 N–H and O–H groups in total. The molecule has 108 valence electrons. The molecular formula is C14H23NO4. The molecule has 2 aliphatic rings. The van der Waals surface area contributed by atoms with E-state index in [2.05, 4.69) is 5.32 Å². The lowest BCUT2D eigenvalue weighted by molar-refractivity contribution is -0.151. The first-order valence-corrected chi connectivity index (χ1v) is 7.20. The minimum absolute atomic E-state index is 0.102. The van der Waals surface area contributed by atoms with Gasteiger partial charge in [0.05, 0.1) is 12.0 Å². The number of amides is 1. The number of carboxylic acid groups (broad SMARTS) is 1. The van der Waals surface area contributed by atoms with Crippen molar-refractivity contribution >= 4 is 11.9 Å². The van der Waals surface area contributed by atoms with Crippen LogP contribution in [0.4, 0.5) is 0 Å². The predicted octanol–water partition coefficient (Wildman–Crippen LogP) is 1.56. The van der Waals surface area contributed by atoms with Gasteiger partial charge >= 0.3 is 5.97 Å². The summed E-state index contributed by atoms with van der Waals surface area (Å²) in [6.07, 6.45) is 5.67. The molecule has 1 amide bonds. The molecule has 0 saturated heterocycles. The highest BCUT2D eigenvalue weighted by molar-refractivity contribution is 5.85. The van der Waals surface area contributed by atoms with E-state index in [1.54, 1.807) is 0 Å². The van der Waals surface area contributed by atoms with Gasteiger partial charge < -0.3 is 15.2 Å². The first kappa shape index (κ1) is 14.3. The zero-order chi connectivity index (χ0) is 13.7. The highest BCUT2D eigenvalue weighted by Gasteiger charge is 2.42. The van der Waals surface area contributed by atoms with E-state index in [-0.39, 0.29) is 12.3 Å². The van der Waals surface area contributed by atoms with Gasteiger partial charge in [-0.15, -0.1) is 0 Å². The fourth-order valence-corrected chi connectivity index (χ4v) is 2.69. The van der Waals surface area contributed by atoms with Crippen LogP contribution in [0, 0.1) is 11.3 Å². The van der Waals surface area contributed by atoms with Crippen LogP contribution in [-0.2, 0) is 14.3 Å². The maximum absolute atomic E-state index is 11.8. The molecule has 0 atom stereocenters. The second-order valence-electron chi connectivity index (χ2n) is 5.84. The second kappa shape index (κ2) is 6.37. The van der Waals surface area contributed by atoms with E-state index in [1.807, 2.05) is 0 Å². The number of hydrogen-bond donors (Lipinski definition) is 2. The van der Waals surface area contributed by atoms with Gasteiger partial charge in [0, 0.05) is 19.6 Å². The van der Waals surface area contributed by atoms with Crippen LogP contribution in [-0.4, -0.2) is 36.7 Å². The number of rotatable bonds is 8. The Morgan fingerprint density at radius 3 is 2.53 bits per heavy atom. The standard InChI is InChI=1S/C14H23NO4/c16-12(15-7-8-19-10-11-3-4-11)9-14(13(17)18)5-1-2-6-14/h11H,1-10H2,(H,15,16)(H,17,18). The van der Waals surface area contributed by atoms with Crippen LogP contribution >= 0.6 is 0 Å². The van der Waals surface area contributed by atoms with Crippen molar-refractivity contribution in [1.82, 2.24) is 5.32 Å². The molecule has 0 aromatic rings. The third-order valence-corrected chi connectivity index (χ3v) is 4.13. The molecule has 0 aromatic carbocycles. The van der Waals surface area contributed by atoms with Gasteiger partial charge in [-0.1, -0.05) is 12.8 Å². The van der Waals surface area contributed by atoms with Gasteiger partial charge in [-0.2, -0.15) is 0 Å². The Morgan fingerprint density at radius 1 is 1.26 bits per heavy atom. The molecule has 2 saturated carbocycles. The van der Waals surface area contributed by atoms with E-state index in [9.17, 15) is 14.7 Å². The van der Waals surface area contributed by atoms with Crippen molar-refractivity contribution in [3.05, 3.63) is 0 Å². The minimum atomic E-state index is -0.829. The summed E-state index contributed by atoms with van der Waals surface area (Å²) >= 11 is 0. The number of ether oxygens (including phenoxy) is 1. The zero-order valence-electron chi connectivity index (χ0n) is 11.3. The van der Waals surface area contributed by atoms with E-state index < -0.39 is 11.4 Å². The summed E-state index contributed by atoms with van der Waals surface area (Å²) in [6, 6.07) is 0. The monoisotopic (exact) mass is 269 g/mol. The van der Waals surface area contributed by atoms with Crippen LogP contribution in [0.25, 0.3) is 0 Å². The summed E-state index contributed by atoms with van der Waals surface area (Å²) in [4.78, 5) is 23.1. The SMILES string of the molecule is O=C(CC1(C(=O)O)CCCC1)NCCOCC1CC1. The number of nitrogens with one attached hydrogen (secondary N) is 1. The van der Waals surface area contributed by atoms with Gasteiger partial charge in [0.1, 0.15) is 0 Å². The fourth-order valence-electron chi connectivity index (χ4n) is 2.69. The highest BCUT2D eigenvalue weighted by Crippen LogP contribution is 2.41. The molecule has 0 unspecified atom stereocenters. The summed E-state index contributed by atoms with van der Waals surface area (Å²) in [5.41, 5.74) is -0.820. The van der Waals surface area contributed by atoms with E-state index in [1.165, 1.54) is 12.8 Å². The van der Waals surface area contributed by atoms with Crippen molar-refractivity contribution < 1.29 is 19.4 Å². The Morgan fingerprint density at radius 2 is 1.95 bits per heavy atom. The van der Waals surface area contributed by atoms with Crippen LogP contribution in [0.3, 0.4) is 0 Å². The van der Waals surface area contributed by atoms with Gasteiger partial charge in [0.15, 0.2) is 0 Å². The number of carbonyl (C=O) groups is 2. The summed E-state index contributed by atoms with van der Waals surface area (Å²) in [6.45, 7) is 1.78. The largest absolute Gasteiger partial charge is 0.481 e. The highest BCUT2D eigenvalue weighted by atomic mass is 16.5. The van der Waals surface area contributed by atoms with E-state index in [4.69, 9.17) is 4.74 Å². The summed E-state index contributed by atoms with van der Waals surface area (Å²) in [7, 11) is 0. The van der Waals surface area contributed by atoms with Gasteiger partial charge in [0.25, 0.3) is 0 Å². The minimum Gasteiger partial charge on any atom is -0.481 e. The average molecular weight is 269 g/mol. The maximum Gasteiger partial charge on any atom is 0.310 e. The van der Waals surface area contributed by atoms with Crippen LogP contribution in [0.5, 0.6) is 0 Å². The molecule has 0 aromatic heterocycles. The summed E-state index contributed by atoms with van der Waals surface area (Å²) in [5.74, 6) is -0.270. The van der Waals surface area contributed by atoms with Crippen LogP contribution < -0.4 is 5.32 Å². The molecule has 5 heteroatoms. The van der Waals surface area contributed by atoms with Crippen LogP contribution in [0.15, 0.2) is 0 Å². The predicted molar refractivity (Wildman–Crippen MR) is 69.7 cm³/mol. The first-order chi connectivity index (χ1) is 9.12. The fraction of sp³-hybridized carbons (Fsp3) is 0.857. The number of aliphatic carboxylic acids is 1. The number of hydrogen-bond acceptors (Lipinski definition) is 3. The smallest absolute Gasteiger partial charge is 0.310 e. The van der Waals surface area contributed by atoms with Crippen molar-refractivity contribution in [2.24, 2.45) is 11.3 Å². The van der Waals surface area contributed by atoms with Gasteiger partial charge in [-0.25, -0.2) is 0 Å². The maximum atomic E-state index is 11.8. The molecule has 2 rings (SSSR count). The van der Waals surface area contributed by atoms with E-state index in [0.29, 0.717) is 26.0 Å². The van der Waals surface area contributed by atoms with Gasteiger partial charge in [0.2, 0.25) is 5.91 Å². The van der Waals surface area contributed by atoms with Crippen LogP contribution in [0.1, 0.15) is 44.9 Å². The zero-order valence-corrected chi connectivity index (χ0v) is 11.3. The normalized spacial score (nSPS) is 21.3. The lowest BCUT2D eigenvalue weighted by Gasteiger charge is -2.22. The molecular weight excluding hydrogens is 246 g/mol. The molecule has 0 heterocycles. The molecule has 5 nitrogen and oxygen atoms in total. The van der Waals surface area contributed by atoms with Gasteiger partial charge in [-0.3, -0.25) is 9.59 Å². The third kappa shape index (κ3) is 4.20. The Kier molecular flexibility index (Phi) is 4.80. The summed E-state index contributed by atoms with van der Waals surface area (Å²) < 4.78 is 5.42. The number of carboxylic acids is 1. The topological polar surface area (TPSA) is 75.6 Å². The van der Waals surface area contributed by atoms with Gasteiger partial charge in [-0.05, 0) is 31.6 Å². The van der Waals surface area contributed by atoms with E-state index in [0.717, 1.165) is 25.4 Å². The molecule has 0 radical (unpaired) electrons. The van der Waals surface area contributed by atoms with Crippen molar-refractivity contribution in [3.8, 4) is 0 Å². The first-order valence-electron chi connectivity index (χ1n) is 7.20. The lowest BCUT2D eigenvalue weighted by atomic mass is 9.82. The Balaban J connectivity index is 1.63. The lowest BCUT2D eigenvalue weighted by Crippen LogP contribution is -2.36. The summed E-state index contributed by atoms with van der Waals surface area (Å²) in [5, 5.41) is 12.0.